The maximum absolute atomic E-state index is 12.0. The number of rotatable bonds is 5. The quantitative estimate of drug-likeness (QED) is 0.731. The summed E-state index contributed by atoms with van der Waals surface area (Å²) in [4.78, 5) is 19.2. The van der Waals surface area contributed by atoms with Gasteiger partial charge in [-0.25, -0.2) is 4.98 Å². The second kappa shape index (κ2) is 5.30. The lowest BCUT2D eigenvalue weighted by Gasteiger charge is -2.01. The molecule has 0 aliphatic rings. The Balaban J connectivity index is 1.76. The van der Waals surface area contributed by atoms with Gasteiger partial charge in [0.25, 0.3) is 5.91 Å². The fraction of sp³-hybridized carbons (Fsp3) is 0.385. The number of hydrogen-bond acceptors (Lipinski definition) is 4. The van der Waals surface area contributed by atoms with Crippen molar-refractivity contribution in [1.82, 2.24) is 14.7 Å². The zero-order chi connectivity index (χ0) is 13.2. The van der Waals surface area contributed by atoms with Crippen molar-refractivity contribution in [2.24, 2.45) is 0 Å². The number of thiophene rings is 1. The monoisotopic (exact) mass is 293 g/mol. The van der Waals surface area contributed by atoms with Gasteiger partial charge in [0.05, 0.1) is 10.4 Å². The van der Waals surface area contributed by atoms with Crippen LogP contribution in [0.5, 0.6) is 0 Å². The summed E-state index contributed by atoms with van der Waals surface area (Å²) in [6, 6.07) is 1.93. The normalized spacial score (nSPS) is 11.4. The van der Waals surface area contributed by atoms with Gasteiger partial charge >= 0.3 is 0 Å². The molecule has 0 aromatic carbocycles. The van der Waals surface area contributed by atoms with Crippen LogP contribution in [0, 0.1) is 0 Å². The first-order valence-electron chi connectivity index (χ1n) is 6.43. The number of aromatic nitrogens is 2. The third-order valence-electron chi connectivity index (χ3n) is 3.03. The van der Waals surface area contributed by atoms with Crippen molar-refractivity contribution in [3.05, 3.63) is 22.5 Å². The number of imidazole rings is 1. The van der Waals surface area contributed by atoms with Crippen LogP contribution in [0.3, 0.4) is 0 Å². The summed E-state index contributed by atoms with van der Waals surface area (Å²) in [5, 5.41) is 4.97. The first kappa shape index (κ1) is 12.6. The predicted molar refractivity (Wildman–Crippen MR) is 80.3 cm³/mol. The molecule has 0 bridgehead atoms. The number of hydrogen-bond donors (Lipinski definition) is 1. The van der Waals surface area contributed by atoms with Crippen LogP contribution in [-0.2, 0) is 0 Å². The Morgan fingerprint density at radius 3 is 3.21 bits per heavy atom. The zero-order valence-corrected chi connectivity index (χ0v) is 12.3. The van der Waals surface area contributed by atoms with E-state index in [9.17, 15) is 4.79 Å². The molecule has 0 spiro atoms. The molecule has 1 N–H and O–H groups in total. The van der Waals surface area contributed by atoms with Crippen LogP contribution in [0.1, 0.15) is 35.9 Å². The lowest BCUT2D eigenvalue weighted by atomic mass is 10.2. The van der Waals surface area contributed by atoms with Crippen molar-refractivity contribution in [2.75, 3.05) is 6.54 Å². The van der Waals surface area contributed by atoms with E-state index in [0.29, 0.717) is 0 Å². The lowest BCUT2D eigenvalue weighted by Crippen LogP contribution is -2.23. The Morgan fingerprint density at radius 2 is 2.37 bits per heavy atom. The van der Waals surface area contributed by atoms with Crippen molar-refractivity contribution in [3.8, 4) is 0 Å². The summed E-state index contributed by atoms with van der Waals surface area (Å²) in [6.45, 7) is 2.91. The van der Waals surface area contributed by atoms with Crippen LogP contribution in [0.4, 0.5) is 0 Å². The number of carbonyl (C=O) groups is 1. The largest absolute Gasteiger partial charge is 0.351 e. The van der Waals surface area contributed by atoms with Crippen LogP contribution in [-0.4, -0.2) is 21.8 Å². The van der Waals surface area contributed by atoms with E-state index in [2.05, 4.69) is 17.2 Å². The SMILES string of the molecule is CCCCCNC(=O)c1cc2c(nc3sccn32)s1. The summed E-state index contributed by atoms with van der Waals surface area (Å²) in [7, 11) is 0. The van der Waals surface area contributed by atoms with Gasteiger partial charge in [-0.3, -0.25) is 9.20 Å². The van der Waals surface area contributed by atoms with Crippen molar-refractivity contribution in [2.45, 2.75) is 26.2 Å². The molecule has 100 valence electrons. The van der Waals surface area contributed by atoms with E-state index in [1.807, 2.05) is 22.0 Å². The molecular formula is C13H15N3OS2. The highest BCUT2D eigenvalue weighted by atomic mass is 32.1. The number of nitrogens with one attached hydrogen (secondary N) is 1. The summed E-state index contributed by atoms with van der Waals surface area (Å²) in [6.07, 6.45) is 5.36. The predicted octanol–water partition coefficient (Wildman–Crippen LogP) is 3.53. The molecule has 0 unspecified atom stereocenters. The van der Waals surface area contributed by atoms with Gasteiger partial charge < -0.3 is 5.32 Å². The maximum Gasteiger partial charge on any atom is 0.261 e. The van der Waals surface area contributed by atoms with Crippen LogP contribution >= 0.6 is 22.7 Å². The number of fused-ring (bicyclic) bond motifs is 3. The molecule has 3 heterocycles. The van der Waals surface area contributed by atoms with Gasteiger partial charge in [0, 0.05) is 18.1 Å². The van der Waals surface area contributed by atoms with Gasteiger partial charge in [-0.1, -0.05) is 19.8 Å². The van der Waals surface area contributed by atoms with Gasteiger partial charge in [0.15, 0.2) is 4.96 Å². The van der Waals surface area contributed by atoms with E-state index in [0.717, 1.165) is 39.6 Å². The first-order valence-corrected chi connectivity index (χ1v) is 8.12. The minimum absolute atomic E-state index is 0.0167. The Morgan fingerprint density at radius 1 is 1.47 bits per heavy atom. The molecule has 3 aromatic heterocycles. The van der Waals surface area contributed by atoms with Gasteiger partial charge in [-0.05, 0) is 12.5 Å². The summed E-state index contributed by atoms with van der Waals surface area (Å²) in [5.74, 6) is 0.0167. The highest BCUT2D eigenvalue weighted by Crippen LogP contribution is 2.28. The molecule has 3 rings (SSSR count). The molecule has 0 radical (unpaired) electrons. The summed E-state index contributed by atoms with van der Waals surface area (Å²) >= 11 is 3.07. The highest BCUT2D eigenvalue weighted by Gasteiger charge is 2.14. The molecule has 0 atom stereocenters. The lowest BCUT2D eigenvalue weighted by molar-refractivity contribution is 0.0957. The Bertz CT molecular complexity index is 710. The fourth-order valence-electron chi connectivity index (χ4n) is 2.02. The van der Waals surface area contributed by atoms with Gasteiger partial charge in [-0.15, -0.1) is 22.7 Å². The number of unbranched alkanes of at least 4 members (excludes halogenated alkanes) is 2. The third-order valence-corrected chi connectivity index (χ3v) is 4.80. The van der Waals surface area contributed by atoms with E-state index in [4.69, 9.17) is 0 Å². The van der Waals surface area contributed by atoms with Crippen LogP contribution in [0.25, 0.3) is 15.3 Å². The highest BCUT2D eigenvalue weighted by molar-refractivity contribution is 7.21. The van der Waals surface area contributed by atoms with Crippen molar-refractivity contribution in [1.29, 1.82) is 0 Å². The Labute approximate surface area is 119 Å². The molecule has 19 heavy (non-hydrogen) atoms. The van der Waals surface area contributed by atoms with Crippen molar-refractivity contribution >= 4 is 43.9 Å². The van der Waals surface area contributed by atoms with Gasteiger partial charge in [0.1, 0.15) is 4.83 Å². The average Bonchev–Trinajstić information content (AvgIpc) is 3.05. The van der Waals surface area contributed by atoms with Gasteiger partial charge in [-0.2, -0.15) is 0 Å². The van der Waals surface area contributed by atoms with E-state index >= 15 is 0 Å². The van der Waals surface area contributed by atoms with Crippen molar-refractivity contribution in [3.63, 3.8) is 0 Å². The van der Waals surface area contributed by atoms with E-state index in [1.54, 1.807) is 11.3 Å². The smallest absolute Gasteiger partial charge is 0.261 e. The number of thiazole rings is 1. The first-order chi connectivity index (χ1) is 9.29. The average molecular weight is 293 g/mol. The second-order valence-electron chi connectivity index (χ2n) is 4.43. The molecule has 0 saturated carbocycles. The molecule has 0 aliphatic carbocycles. The molecule has 6 heteroatoms. The number of nitrogens with zero attached hydrogens (tertiary/aromatic N) is 2. The van der Waals surface area contributed by atoms with E-state index < -0.39 is 0 Å². The molecule has 3 aromatic rings. The Hall–Kier alpha value is -1.40. The summed E-state index contributed by atoms with van der Waals surface area (Å²) in [5.41, 5.74) is 1.03. The fourth-order valence-corrected chi connectivity index (χ4v) is 3.74. The molecule has 0 aliphatic heterocycles. The standard InChI is InChI=1S/C13H15N3OS2/c1-2-3-4-5-14-11(17)10-8-9-12(19-10)15-13-16(9)6-7-18-13/h6-8H,2-5H2,1H3,(H,14,17). The minimum Gasteiger partial charge on any atom is -0.351 e. The van der Waals surface area contributed by atoms with E-state index in [1.165, 1.54) is 17.8 Å². The second-order valence-corrected chi connectivity index (χ2v) is 6.34. The van der Waals surface area contributed by atoms with Crippen molar-refractivity contribution < 1.29 is 4.79 Å². The van der Waals surface area contributed by atoms with Crippen LogP contribution < -0.4 is 5.32 Å². The number of carbonyl (C=O) groups excluding carboxylic acids is 1. The number of amides is 1. The molecule has 0 fully saturated rings. The minimum atomic E-state index is 0.0167. The topological polar surface area (TPSA) is 46.4 Å². The summed E-state index contributed by atoms with van der Waals surface area (Å²) < 4.78 is 2.03. The maximum atomic E-state index is 12.0. The van der Waals surface area contributed by atoms with Crippen LogP contribution in [0.2, 0.25) is 0 Å². The molecule has 0 saturated heterocycles. The van der Waals surface area contributed by atoms with Gasteiger partial charge in [0.2, 0.25) is 0 Å². The van der Waals surface area contributed by atoms with Crippen LogP contribution in [0.15, 0.2) is 17.6 Å². The Kier molecular flexibility index (Phi) is 3.52. The molecular weight excluding hydrogens is 278 g/mol. The third kappa shape index (κ3) is 2.37. The molecule has 1 amide bonds. The molecule has 4 nitrogen and oxygen atoms in total. The van der Waals surface area contributed by atoms with E-state index in [-0.39, 0.29) is 5.91 Å². The zero-order valence-electron chi connectivity index (χ0n) is 10.7.